The van der Waals surface area contributed by atoms with Crippen molar-refractivity contribution in [2.75, 3.05) is 20.8 Å². The maximum absolute atomic E-state index is 11.5. The Labute approximate surface area is 178 Å². The first-order valence-electron chi connectivity index (χ1n) is 10.4. The second-order valence-electron chi connectivity index (χ2n) is 8.20. The Morgan fingerprint density at radius 2 is 1.73 bits per heavy atom. The van der Waals surface area contributed by atoms with Gasteiger partial charge in [0.25, 0.3) is 0 Å². The summed E-state index contributed by atoms with van der Waals surface area (Å²) >= 11 is 0. The molecule has 2 aliphatic rings. The number of terminal acetylenes is 1. The number of hydrogen-bond acceptors (Lipinski definition) is 5. The minimum absolute atomic E-state index is 0.218. The fourth-order valence-electron chi connectivity index (χ4n) is 4.97. The molecule has 2 heterocycles. The normalized spacial score (nSPS) is 25.5. The Morgan fingerprint density at radius 3 is 2.33 bits per heavy atom. The number of methoxy groups -OCH3 is 2. The number of hydrogen-bond donors (Lipinski definition) is 1. The number of piperidine rings is 1. The molecule has 0 radical (unpaired) electrons. The molecule has 0 saturated carbocycles. The lowest BCUT2D eigenvalue weighted by Gasteiger charge is -2.44. The molecule has 2 saturated heterocycles. The summed E-state index contributed by atoms with van der Waals surface area (Å²) in [4.78, 5) is 2.54. The molecule has 2 fully saturated rings. The van der Waals surface area contributed by atoms with Gasteiger partial charge in [-0.1, -0.05) is 24.1 Å². The van der Waals surface area contributed by atoms with Gasteiger partial charge in [0.05, 0.1) is 19.8 Å². The molecule has 2 atom stereocenters. The molecule has 5 heteroatoms. The molecule has 2 aliphatic heterocycles. The molecule has 2 aromatic carbocycles. The molecule has 0 aromatic heterocycles. The van der Waals surface area contributed by atoms with Crippen molar-refractivity contribution in [1.29, 1.82) is 0 Å². The summed E-state index contributed by atoms with van der Waals surface area (Å²) in [6.45, 7) is 1.05. The first-order valence-corrected chi connectivity index (χ1v) is 10.4. The quantitative estimate of drug-likeness (QED) is 0.709. The average molecular weight is 408 g/mol. The molecule has 2 bridgehead atoms. The summed E-state index contributed by atoms with van der Waals surface area (Å²) < 4.78 is 16.3. The Balaban J connectivity index is 1.48. The van der Waals surface area contributed by atoms with Gasteiger partial charge in [-0.3, -0.25) is 4.90 Å². The zero-order chi connectivity index (χ0) is 21.1. The summed E-state index contributed by atoms with van der Waals surface area (Å²) in [5.41, 5.74) is 1.38. The van der Waals surface area contributed by atoms with Gasteiger partial charge in [-0.2, -0.15) is 0 Å². The smallest absolute Gasteiger partial charge is 0.162 e. The Kier molecular flexibility index (Phi) is 5.90. The summed E-state index contributed by atoms with van der Waals surface area (Å²) in [6.07, 6.45) is 9.01. The highest BCUT2D eigenvalue weighted by atomic mass is 16.5. The van der Waals surface area contributed by atoms with Crippen LogP contribution in [-0.2, 0) is 12.1 Å². The summed E-state index contributed by atoms with van der Waals surface area (Å²) in [5.74, 6) is 4.65. The molecule has 1 N–H and O–H groups in total. The molecule has 2 aromatic rings. The van der Waals surface area contributed by atoms with Gasteiger partial charge in [0.2, 0.25) is 0 Å². The van der Waals surface area contributed by atoms with Crippen LogP contribution in [0.5, 0.6) is 17.2 Å². The van der Waals surface area contributed by atoms with Crippen molar-refractivity contribution in [2.45, 2.75) is 49.9 Å². The van der Waals surface area contributed by atoms with E-state index in [4.69, 9.17) is 20.6 Å². The number of benzene rings is 2. The molecule has 0 unspecified atom stereocenters. The van der Waals surface area contributed by atoms with Crippen LogP contribution in [0.2, 0.25) is 0 Å². The van der Waals surface area contributed by atoms with Crippen molar-refractivity contribution in [2.24, 2.45) is 0 Å². The van der Waals surface area contributed by atoms with Gasteiger partial charge < -0.3 is 19.3 Å². The Hall–Kier alpha value is -2.68. The minimum Gasteiger partial charge on any atom is -0.497 e. The highest BCUT2D eigenvalue weighted by Crippen LogP contribution is 2.46. The van der Waals surface area contributed by atoms with E-state index in [0.29, 0.717) is 23.6 Å². The van der Waals surface area contributed by atoms with Crippen LogP contribution in [0.1, 0.15) is 36.8 Å². The number of rotatable bonds is 7. The van der Waals surface area contributed by atoms with Crippen LogP contribution in [0.3, 0.4) is 0 Å². The van der Waals surface area contributed by atoms with Crippen molar-refractivity contribution in [3.8, 4) is 29.6 Å². The zero-order valence-corrected chi connectivity index (χ0v) is 17.6. The van der Waals surface area contributed by atoms with E-state index >= 15 is 0 Å². The molecule has 0 spiro atoms. The predicted octanol–water partition coefficient (Wildman–Crippen LogP) is 3.73. The molecule has 4 rings (SSSR count). The summed E-state index contributed by atoms with van der Waals surface area (Å²) in [6, 6.07) is 14.6. The first kappa shape index (κ1) is 20.6. The molecule has 5 nitrogen and oxygen atoms in total. The van der Waals surface area contributed by atoms with Gasteiger partial charge >= 0.3 is 0 Å². The van der Waals surface area contributed by atoms with Gasteiger partial charge in [0, 0.05) is 18.6 Å². The van der Waals surface area contributed by atoms with Gasteiger partial charge in [-0.05, 0) is 61.1 Å². The van der Waals surface area contributed by atoms with Crippen molar-refractivity contribution >= 4 is 0 Å². The van der Waals surface area contributed by atoms with E-state index in [2.05, 4.69) is 16.9 Å². The van der Waals surface area contributed by atoms with E-state index in [-0.39, 0.29) is 6.61 Å². The summed E-state index contributed by atoms with van der Waals surface area (Å²) in [7, 11) is 3.30. The van der Waals surface area contributed by atoms with Crippen LogP contribution < -0.4 is 14.2 Å². The second-order valence-corrected chi connectivity index (χ2v) is 8.20. The van der Waals surface area contributed by atoms with Crippen LogP contribution in [0.25, 0.3) is 0 Å². The Morgan fingerprint density at radius 1 is 1.03 bits per heavy atom. The standard InChI is InChI=1S/C25H29NO4/c1-4-13-30-23-12-5-18(14-24(23)29-3)17-26-20-8-9-21(26)16-25(27,15-20)19-6-10-22(28-2)11-7-19/h1,5-7,10-12,14,20-21,27H,8-9,13,15-17H2,2-3H3/t20-,21-/m0/s1. The Bertz CT molecular complexity index is 904. The topological polar surface area (TPSA) is 51.2 Å². The van der Waals surface area contributed by atoms with Crippen molar-refractivity contribution in [3.05, 3.63) is 53.6 Å². The molecule has 0 aliphatic carbocycles. The SMILES string of the molecule is C#CCOc1ccc(CN2[C@H]3CC[C@H]2CC(O)(c2ccc(OC)cc2)C3)cc1OC. The third-order valence-electron chi connectivity index (χ3n) is 6.45. The van der Waals surface area contributed by atoms with E-state index in [1.54, 1.807) is 14.2 Å². The average Bonchev–Trinajstić information content (AvgIpc) is 3.01. The monoisotopic (exact) mass is 407 g/mol. The third-order valence-corrected chi connectivity index (χ3v) is 6.45. The maximum Gasteiger partial charge on any atom is 0.162 e. The first-order chi connectivity index (χ1) is 14.6. The molecule has 158 valence electrons. The van der Waals surface area contributed by atoms with Crippen molar-refractivity contribution in [1.82, 2.24) is 4.90 Å². The number of fused-ring (bicyclic) bond motifs is 2. The lowest BCUT2D eigenvalue weighted by molar-refractivity contribution is -0.0595. The van der Waals surface area contributed by atoms with Crippen LogP contribution in [-0.4, -0.2) is 42.9 Å². The molecule has 30 heavy (non-hydrogen) atoms. The predicted molar refractivity (Wildman–Crippen MR) is 116 cm³/mol. The van der Waals surface area contributed by atoms with E-state index in [0.717, 1.165) is 43.5 Å². The maximum atomic E-state index is 11.5. The third kappa shape index (κ3) is 3.98. The number of nitrogens with zero attached hydrogens (tertiary/aromatic N) is 1. The zero-order valence-electron chi connectivity index (χ0n) is 17.6. The van der Waals surface area contributed by atoms with Gasteiger partial charge in [0.15, 0.2) is 11.5 Å². The van der Waals surface area contributed by atoms with Crippen LogP contribution >= 0.6 is 0 Å². The fourth-order valence-corrected chi connectivity index (χ4v) is 4.97. The van der Waals surface area contributed by atoms with E-state index in [1.807, 2.05) is 36.4 Å². The lowest BCUT2D eigenvalue weighted by atomic mass is 9.80. The van der Waals surface area contributed by atoms with Crippen LogP contribution in [0.15, 0.2) is 42.5 Å². The van der Waals surface area contributed by atoms with Crippen LogP contribution in [0, 0.1) is 12.3 Å². The van der Waals surface area contributed by atoms with Crippen molar-refractivity contribution in [3.63, 3.8) is 0 Å². The second kappa shape index (κ2) is 8.59. The van der Waals surface area contributed by atoms with Gasteiger partial charge in [-0.15, -0.1) is 6.42 Å². The molecule has 0 amide bonds. The molecular formula is C25H29NO4. The van der Waals surface area contributed by atoms with E-state index < -0.39 is 5.60 Å². The minimum atomic E-state index is -0.779. The summed E-state index contributed by atoms with van der Waals surface area (Å²) in [5, 5.41) is 11.5. The van der Waals surface area contributed by atoms with E-state index in [1.165, 1.54) is 5.56 Å². The number of aliphatic hydroxyl groups is 1. The van der Waals surface area contributed by atoms with Gasteiger partial charge in [0.1, 0.15) is 12.4 Å². The highest BCUT2D eigenvalue weighted by Gasteiger charge is 2.48. The highest BCUT2D eigenvalue weighted by molar-refractivity contribution is 5.43. The van der Waals surface area contributed by atoms with E-state index in [9.17, 15) is 5.11 Å². The largest absolute Gasteiger partial charge is 0.497 e. The van der Waals surface area contributed by atoms with Gasteiger partial charge in [-0.25, -0.2) is 0 Å². The fraction of sp³-hybridized carbons (Fsp3) is 0.440. The lowest BCUT2D eigenvalue weighted by Crippen LogP contribution is -2.49. The van der Waals surface area contributed by atoms with Crippen molar-refractivity contribution < 1.29 is 19.3 Å². The molecular weight excluding hydrogens is 378 g/mol. The van der Waals surface area contributed by atoms with Crippen LogP contribution in [0.4, 0.5) is 0 Å². The number of ether oxygens (including phenoxy) is 3.